The fourth-order valence-electron chi connectivity index (χ4n) is 2.54. The second-order valence-electron chi connectivity index (χ2n) is 5.19. The smallest absolute Gasteiger partial charge is 0.410 e. The van der Waals surface area contributed by atoms with Gasteiger partial charge in [0.25, 0.3) is 0 Å². The van der Waals surface area contributed by atoms with E-state index in [-0.39, 0.29) is 19.6 Å². The summed E-state index contributed by atoms with van der Waals surface area (Å²) in [6, 6.07) is 8.35. The molecule has 1 saturated heterocycles. The van der Waals surface area contributed by atoms with Crippen molar-refractivity contribution in [3.8, 4) is 0 Å². The summed E-state index contributed by atoms with van der Waals surface area (Å²) >= 11 is 0. The van der Waals surface area contributed by atoms with Gasteiger partial charge in [0.1, 0.15) is 12.6 Å². The Kier molecular flexibility index (Phi) is 5.56. The highest BCUT2D eigenvalue weighted by atomic mass is 16.6. The molecule has 0 radical (unpaired) electrons. The zero-order valence-electron chi connectivity index (χ0n) is 13.1. The van der Waals surface area contributed by atoms with Crippen LogP contribution in [0, 0.1) is 5.92 Å². The minimum Gasteiger partial charge on any atom is -0.469 e. The van der Waals surface area contributed by atoms with Crippen LogP contribution in [-0.4, -0.2) is 49.7 Å². The Hall–Kier alpha value is -2.57. The number of amides is 1. The molecule has 1 aliphatic rings. The Morgan fingerprint density at radius 3 is 2.35 bits per heavy atom. The van der Waals surface area contributed by atoms with Crippen molar-refractivity contribution in [1.82, 2.24) is 4.90 Å². The molecule has 0 aliphatic carbocycles. The van der Waals surface area contributed by atoms with Crippen LogP contribution in [0.1, 0.15) is 12.0 Å². The molecular formula is C16H19NO6. The molecule has 124 valence electrons. The highest BCUT2D eigenvalue weighted by molar-refractivity contribution is 5.85. The predicted molar refractivity (Wildman–Crippen MR) is 79.3 cm³/mol. The van der Waals surface area contributed by atoms with Gasteiger partial charge < -0.3 is 14.2 Å². The van der Waals surface area contributed by atoms with E-state index in [9.17, 15) is 14.4 Å². The molecule has 1 aromatic carbocycles. The Balaban J connectivity index is 2.03. The van der Waals surface area contributed by atoms with Crippen molar-refractivity contribution >= 4 is 18.0 Å². The molecule has 0 spiro atoms. The number of hydrogen-bond donors (Lipinski definition) is 0. The molecule has 0 unspecified atom stereocenters. The summed E-state index contributed by atoms with van der Waals surface area (Å²) in [7, 11) is 2.51. The van der Waals surface area contributed by atoms with Crippen LogP contribution >= 0.6 is 0 Å². The van der Waals surface area contributed by atoms with Crippen molar-refractivity contribution in [1.29, 1.82) is 0 Å². The molecule has 1 aromatic rings. The summed E-state index contributed by atoms with van der Waals surface area (Å²) < 4.78 is 14.6. The number of rotatable bonds is 4. The maximum Gasteiger partial charge on any atom is 0.410 e. The van der Waals surface area contributed by atoms with E-state index < -0.39 is 30.0 Å². The number of benzene rings is 1. The van der Waals surface area contributed by atoms with Crippen molar-refractivity contribution in [2.24, 2.45) is 5.92 Å². The minimum atomic E-state index is -0.840. The zero-order valence-corrected chi connectivity index (χ0v) is 13.1. The molecule has 2 rings (SSSR count). The van der Waals surface area contributed by atoms with Crippen molar-refractivity contribution in [2.45, 2.75) is 19.1 Å². The predicted octanol–water partition coefficient (Wildman–Crippen LogP) is 1.36. The number of ether oxygens (including phenoxy) is 3. The molecule has 7 nitrogen and oxygen atoms in total. The van der Waals surface area contributed by atoms with E-state index >= 15 is 0 Å². The fourth-order valence-corrected chi connectivity index (χ4v) is 2.54. The molecule has 1 heterocycles. The zero-order chi connectivity index (χ0) is 16.8. The van der Waals surface area contributed by atoms with E-state index in [1.807, 2.05) is 30.3 Å². The van der Waals surface area contributed by atoms with Crippen LogP contribution < -0.4 is 0 Å². The first-order valence-corrected chi connectivity index (χ1v) is 7.19. The van der Waals surface area contributed by atoms with Gasteiger partial charge in [-0.1, -0.05) is 30.3 Å². The van der Waals surface area contributed by atoms with E-state index in [0.29, 0.717) is 0 Å². The van der Waals surface area contributed by atoms with Gasteiger partial charge >= 0.3 is 18.0 Å². The summed E-state index contributed by atoms with van der Waals surface area (Å²) in [5.74, 6) is -1.60. The number of nitrogens with zero attached hydrogens (tertiary/aromatic N) is 1. The van der Waals surface area contributed by atoms with E-state index in [2.05, 4.69) is 4.74 Å². The first kappa shape index (κ1) is 16.8. The molecule has 2 atom stereocenters. The maximum absolute atomic E-state index is 12.2. The molecule has 23 heavy (non-hydrogen) atoms. The summed E-state index contributed by atoms with van der Waals surface area (Å²) in [4.78, 5) is 37.0. The molecule has 0 N–H and O–H groups in total. The lowest BCUT2D eigenvalue weighted by Crippen LogP contribution is -2.41. The first-order valence-electron chi connectivity index (χ1n) is 7.19. The van der Waals surface area contributed by atoms with Gasteiger partial charge in [0.05, 0.1) is 20.1 Å². The molecule has 0 aromatic heterocycles. The van der Waals surface area contributed by atoms with E-state index in [1.165, 1.54) is 19.1 Å². The molecule has 1 fully saturated rings. The fraction of sp³-hybridized carbons (Fsp3) is 0.438. The Labute approximate surface area is 134 Å². The Bertz CT molecular complexity index is 573. The summed E-state index contributed by atoms with van der Waals surface area (Å²) in [5.41, 5.74) is 0.833. The minimum absolute atomic E-state index is 0.0695. The summed E-state index contributed by atoms with van der Waals surface area (Å²) in [6.45, 7) is 0.160. The number of methoxy groups -OCH3 is 2. The third-order valence-corrected chi connectivity index (χ3v) is 3.75. The van der Waals surface area contributed by atoms with Gasteiger partial charge in [-0.05, 0) is 12.0 Å². The van der Waals surface area contributed by atoms with Crippen LogP contribution in [0.2, 0.25) is 0 Å². The van der Waals surface area contributed by atoms with Gasteiger partial charge in [0.2, 0.25) is 0 Å². The first-order chi connectivity index (χ1) is 11.1. The van der Waals surface area contributed by atoms with Crippen LogP contribution in [0.15, 0.2) is 30.3 Å². The van der Waals surface area contributed by atoms with Gasteiger partial charge in [-0.25, -0.2) is 9.59 Å². The second-order valence-corrected chi connectivity index (χ2v) is 5.19. The normalized spacial score (nSPS) is 20.0. The number of carbonyl (C=O) groups is 3. The number of carbonyl (C=O) groups excluding carboxylic acids is 3. The SMILES string of the molecule is COC(=O)[C@H]1C[C@H](C(=O)OC)N(C(=O)OCc2ccccc2)C1. The molecule has 0 saturated carbocycles. The van der Waals surface area contributed by atoms with Crippen molar-refractivity contribution in [3.05, 3.63) is 35.9 Å². The average Bonchev–Trinajstić information content (AvgIpc) is 3.04. The van der Waals surface area contributed by atoms with E-state index in [0.717, 1.165) is 5.56 Å². The third kappa shape index (κ3) is 4.00. The molecule has 0 bridgehead atoms. The topological polar surface area (TPSA) is 82.1 Å². The van der Waals surface area contributed by atoms with Crippen molar-refractivity contribution < 1.29 is 28.6 Å². The van der Waals surface area contributed by atoms with E-state index in [4.69, 9.17) is 9.47 Å². The second kappa shape index (κ2) is 7.62. The van der Waals surface area contributed by atoms with Gasteiger partial charge in [-0.15, -0.1) is 0 Å². The highest BCUT2D eigenvalue weighted by Crippen LogP contribution is 2.26. The summed E-state index contributed by atoms with van der Waals surface area (Å²) in [6.07, 6.45) is -0.490. The number of likely N-dealkylation sites (tertiary alicyclic amines) is 1. The molecular weight excluding hydrogens is 302 g/mol. The van der Waals surface area contributed by atoms with Crippen LogP contribution in [0.4, 0.5) is 4.79 Å². The van der Waals surface area contributed by atoms with Gasteiger partial charge in [0.15, 0.2) is 0 Å². The van der Waals surface area contributed by atoms with Crippen molar-refractivity contribution in [3.63, 3.8) is 0 Å². The maximum atomic E-state index is 12.2. The highest BCUT2D eigenvalue weighted by Gasteiger charge is 2.44. The lowest BCUT2D eigenvalue weighted by atomic mass is 10.1. The van der Waals surface area contributed by atoms with Crippen LogP contribution in [0.25, 0.3) is 0 Å². The summed E-state index contributed by atoms with van der Waals surface area (Å²) in [5, 5.41) is 0. The number of hydrogen-bond acceptors (Lipinski definition) is 6. The van der Waals surface area contributed by atoms with Gasteiger partial charge in [-0.3, -0.25) is 9.69 Å². The third-order valence-electron chi connectivity index (χ3n) is 3.75. The molecule has 1 amide bonds. The standard InChI is InChI=1S/C16H19NO6/c1-21-14(18)12-8-13(15(19)22-2)17(9-12)16(20)23-10-11-6-4-3-5-7-11/h3-7,12-13H,8-10H2,1-2H3/t12-,13+/m0/s1. The molecule has 1 aliphatic heterocycles. The quantitative estimate of drug-likeness (QED) is 0.615. The van der Waals surface area contributed by atoms with Gasteiger partial charge in [-0.2, -0.15) is 0 Å². The lowest BCUT2D eigenvalue weighted by Gasteiger charge is -2.21. The van der Waals surface area contributed by atoms with Crippen LogP contribution in [-0.2, 0) is 30.4 Å². The van der Waals surface area contributed by atoms with E-state index in [1.54, 1.807) is 0 Å². The lowest BCUT2D eigenvalue weighted by molar-refractivity contribution is -0.145. The van der Waals surface area contributed by atoms with Crippen molar-refractivity contribution in [2.75, 3.05) is 20.8 Å². The van der Waals surface area contributed by atoms with Crippen LogP contribution in [0.3, 0.4) is 0 Å². The Morgan fingerprint density at radius 2 is 1.74 bits per heavy atom. The molecule has 7 heteroatoms. The largest absolute Gasteiger partial charge is 0.469 e. The Morgan fingerprint density at radius 1 is 1.09 bits per heavy atom. The van der Waals surface area contributed by atoms with Crippen LogP contribution in [0.5, 0.6) is 0 Å². The van der Waals surface area contributed by atoms with Gasteiger partial charge in [0, 0.05) is 6.54 Å². The average molecular weight is 321 g/mol. The number of esters is 2. The monoisotopic (exact) mass is 321 g/mol.